The second-order valence-corrected chi connectivity index (χ2v) is 6.20. The molecule has 122 valence electrons. The van der Waals surface area contributed by atoms with E-state index in [0.717, 1.165) is 18.7 Å². The molecule has 1 aliphatic rings. The Hall–Kier alpha value is -1.91. The third kappa shape index (κ3) is 4.06. The van der Waals surface area contributed by atoms with Crippen molar-refractivity contribution < 1.29 is 14.3 Å². The lowest BCUT2D eigenvalue weighted by Gasteiger charge is -2.34. The van der Waals surface area contributed by atoms with E-state index in [-0.39, 0.29) is 6.03 Å². The average molecular weight is 306 g/mol. The number of likely N-dealkylation sites (tertiary alicyclic amines) is 1. The summed E-state index contributed by atoms with van der Waals surface area (Å²) < 4.78 is 10.5. The van der Waals surface area contributed by atoms with Gasteiger partial charge in [0.2, 0.25) is 0 Å². The molecule has 1 aliphatic heterocycles. The number of carbonyl (C=O) groups excluding carboxylic acids is 1. The summed E-state index contributed by atoms with van der Waals surface area (Å²) in [6, 6.07) is 5.68. The summed E-state index contributed by atoms with van der Waals surface area (Å²) in [5.41, 5.74) is 0.990. The number of urea groups is 1. The first-order valence-electron chi connectivity index (χ1n) is 7.77. The summed E-state index contributed by atoms with van der Waals surface area (Å²) in [6.07, 6.45) is 1.19. The molecule has 22 heavy (non-hydrogen) atoms. The van der Waals surface area contributed by atoms with Gasteiger partial charge in [-0.3, -0.25) is 0 Å². The van der Waals surface area contributed by atoms with E-state index in [9.17, 15) is 4.79 Å². The standard InChI is InChI=1S/C17H26N2O3/c1-12-7-13(2)11-19(10-12)17(20)18-9-14-5-6-15(21-3)16(8-14)22-4/h5-6,8,12-13H,7,9-11H2,1-4H3,(H,18,20). The summed E-state index contributed by atoms with van der Waals surface area (Å²) in [6.45, 7) is 6.55. The van der Waals surface area contributed by atoms with Gasteiger partial charge in [-0.2, -0.15) is 0 Å². The quantitative estimate of drug-likeness (QED) is 0.930. The Bertz CT molecular complexity index is 509. The van der Waals surface area contributed by atoms with E-state index >= 15 is 0 Å². The predicted molar refractivity (Wildman–Crippen MR) is 86.3 cm³/mol. The van der Waals surface area contributed by atoms with E-state index in [2.05, 4.69) is 19.2 Å². The number of hydrogen-bond donors (Lipinski definition) is 1. The van der Waals surface area contributed by atoms with E-state index in [1.165, 1.54) is 6.42 Å². The highest BCUT2D eigenvalue weighted by Crippen LogP contribution is 2.27. The molecule has 2 atom stereocenters. The minimum Gasteiger partial charge on any atom is -0.493 e. The van der Waals surface area contributed by atoms with Crippen LogP contribution in [0.4, 0.5) is 4.79 Å². The number of nitrogens with one attached hydrogen (secondary N) is 1. The van der Waals surface area contributed by atoms with Crippen LogP contribution >= 0.6 is 0 Å². The van der Waals surface area contributed by atoms with Gasteiger partial charge in [-0.1, -0.05) is 19.9 Å². The van der Waals surface area contributed by atoms with Gasteiger partial charge < -0.3 is 19.7 Å². The Labute approximate surface area is 132 Å². The van der Waals surface area contributed by atoms with Crippen LogP contribution in [0.5, 0.6) is 11.5 Å². The van der Waals surface area contributed by atoms with Gasteiger partial charge in [0.15, 0.2) is 11.5 Å². The van der Waals surface area contributed by atoms with Gasteiger partial charge in [0.1, 0.15) is 0 Å². The lowest BCUT2D eigenvalue weighted by atomic mass is 9.92. The molecule has 0 bridgehead atoms. The van der Waals surface area contributed by atoms with Gasteiger partial charge in [-0.05, 0) is 36.0 Å². The van der Waals surface area contributed by atoms with Crippen LogP contribution in [-0.4, -0.2) is 38.2 Å². The van der Waals surface area contributed by atoms with E-state index < -0.39 is 0 Å². The Morgan fingerprint density at radius 3 is 2.41 bits per heavy atom. The van der Waals surface area contributed by atoms with Gasteiger partial charge in [0.25, 0.3) is 0 Å². The molecular formula is C17H26N2O3. The van der Waals surface area contributed by atoms with Crippen molar-refractivity contribution in [2.45, 2.75) is 26.8 Å². The Morgan fingerprint density at radius 1 is 1.18 bits per heavy atom. The molecule has 0 aromatic heterocycles. The van der Waals surface area contributed by atoms with Crippen molar-refractivity contribution in [3.63, 3.8) is 0 Å². The van der Waals surface area contributed by atoms with E-state index in [0.29, 0.717) is 29.9 Å². The average Bonchev–Trinajstić information content (AvgIpc) is 2.51. The minimum absolute atomic E-state index is 0.00758. The third-order valence-corrected chi connectivity index (χ3v) is 4.05. The van der Waals surface area contributed by atoms with Crippen LogP contribution < -0.4 is 14.8 Å². The zero-order chi connectivity index (χ0) is 16.1. The normalized spacial score (nSPS) is 21.4. The van der Waals surface area contributed by atoms with Crippen molar-refractivity contribution in [3.05, 3.63) is 23.8 Å². The fourth-order valence-electron chi connectivity index (χ4n) is 3.11. The molecule has 1 saturated heterocycles. The number of methoxy groups -OCH3 is 2. The van der Waals surface area contributed by atoms with E-state index in [1.54, 1.807) is 14.2 Å². The number of amides is 2. The van der Waals surface area contributed by atoms with Gasteiger partial charge in [0.05, 0.1) is 14.2 Å². The fraction of sp³-hybridized carbons (Fsp3) is 0.588. The number of carbonyl (C=O) groups is 1. The first-order chi connectivity index (χ1) is 10.5. The van der Waals surface area contributed by atoms with Crippen LogP contribution in [-0.2, 0) is 6.54 Å². The summed E-state index contributed by atoms with van der Waals surface area (Å²) in [5, 5.41) is 2.99. The molecule has 2 unspecified atom stereocenters. The van der Waals surface area contributed by atoms with Crippen molar-refractivity contribution in [3.8, 4) is 11.5 Å². The van der Waals surface area contributed by atoms with Gasteiger partial charge in [-0.25, -0.2) is 4.79 Å². The van der Waals surface area contributed by atoms with Gasteiger partial charge in [0, 0.05) is 19.6 Å². The molecule has 5 heteroatoms. The van der Waals surface area contributed by atoms with E-state index in [1.807, 2.05) is 23.1 Å². The topological polar surface area (TPSA) is 50.8 Å². The van der Waals surface area contributed by atoms with E-state index in [4.69, 9.17) is 9.47 Å². The zero-order valence-corrected chi connectivity index (χ0v) is 13.9. The summed E-state index contributed by atoms with van der Waals surface area (Å²) >= 11 is 0. The van der Waals surface area contributed by atoms with Crippen LogP contribution in [0.15, 0.2) is 18.2 Å². The SMILES string of the molecule is COc1ccc(CNC(=O)N2CC(C)CC(C)C2)cc1OC. The molecule has 0 radical (unpaired) electrons. The molecule has 0 aliphatic carbocycles. The molecule has 2 rings (SSSR count). The number of hydrogen-bond acceptors (Lipinski definition) is 3. The second kappa shape index (κ2) is 7.38. The molecule has 1 aromatic carbocycles. The molecule has 1 heterocycles. The highest BCUT2D eigenvalue weighted by atomic mass is 16.5. The minimum atomic E-state index is 0.00758. The zero-order valence-electron chi connectivity index (χ0n) is 13.9. The van der Waals surface area contributed by atoms with Crippen LogP contribution in [0.3, 0.4) is 0 Å². The Balaban J connectivity index is 1.93. The Kier molecular flexibility index (Phi) is 5.52. The lowest BCUT2D eigenvalue weighted by Crippen LogP contribution is -2.47. The van der Waals surface area contributed by atoms with Crippen molar-refractivity contribution in [2.75, 3.05) is 27.3 Å². The molecule has 1 fully saturated rings. The summed E-state index contributed by atoms with van der Waals surface area (Å²) in [5.74, 6) is 2.50. The lowest BCUT2D eigenvalue weighted by molar-refractivity contribution is 0.146. The third-order valence-electron chi connectivity index (χ3n) is 4.05. The maximum absolute atomic E-state index is 12.3. The van der Waals surface area contributed by atoms with Gasteiger partial charge >= 0.3 is 6.03 Å². The summed E-state index contributed by atoms with van der Waals surface area (Å²) in [7, 11) is 3.22. The van der Waals surface area contributed by atoms with Crippen molar-refractivity contribution >= 4 is 6.03 Å². The highest BCUT2D eigenvalue weighted by Gasteiger charge is 2.25. The largest absolute Gasteiger partial charge is 0.493 e. The second-order valence-electron chi connectivity index (χ2n) is 6.20. The van der Waals surface area contributed by atoms with Crippen LogP contribution in [0.2, 0.25) is 0 Å². The maximum atomic E-state index is 12.3. The highest BCUT2D eigenvalue weighted by molar-refractivity contribution is 5.74. The molecule has 0 spiro atoms. The predicted octanol–water partition coefficient (Wildman–Crippen LogP) is 2.89. The summed E-state index contributed by atoms with van der Waals surface area (Å²) in [4.78, 5) is 14.2. The van der Waals surface area contributed by atoms with Crippen molar-refractivity contribution in [2.24, 2.45) is 11.8 Å². The molecule has 2 amide bonds. The number of benzene rings is 1. The molecule has 5 nitrogen and oxygen atoms in total. The first-order valence-corrected chi connectivity index (χ1v) is 7.77. The maximum Gasteiger partial charge on any atom is 0.317 e. The molecule has 1 aromatic rings. The molecule has 1 N–H and O–H groups in total. The van der Waals surface area contributed by atoms with Crippen molar-refractivity contribution in [1.29, 1.82) is 0 Å². The van der Waals surface area contributed by atoms with Crippen molar-refractivity contribution in [1.82, 2.24) is 10.2 Å². The number of rotatable bonds is 4. The molecular weight excluding hydrogens is 280 g/mol. The number of nitrogens with zero attached hydrogens (tertiary/aromatic N) is 1. The number of piperidine rings is 1. The Morgan fingerprint density at radius 2 is 1.82 bits per heavy atom. The van der Waals surface area contributed by atoms with Crippen LogP contribution in [0.25, 0.3) is 0 Å². The first kappa shape index (κ1) is 16.5. The smallest absolute Gasteiger partial charge is 0.317 e. The van der Waals surface area contributed by atoms with Crippen LogP contribution in [0, 0.1) is 11.8 Å². The fourth-order valence-corrected chi connectivity index (χ4v) is 3.11. The van der Waals surface area contributed by atoms with Crippen LogP contribution in [0.1, 0.15) is 25.8 Å². The van der Waals surface area contributed by atoms with Gasteiger partial charge in [-0.15, -0.1) is 0 Å². The monoisotopic (exact) mass is 306 g/mol. The number of ether oxygens (including phenoxy) is 2. The molecule has 0 saturated carbocycles.